The zero-order valence-corrected chi connectivity index (χ0v) is 14.4. The number of hydrogen-bond donors (Lipinski definition) is 1. The van der Waals surface area contributed by atoms with Gasteiger partial charge in [0, 0.05) is 44.6 Å². The van der Waals surface area contributed by atoms with Crippen LogP contribution >= 0.6 is 0 Å². The molecule has 128 valence electrons. The van der Waals surface area contributed by atoms with Crippen LogP contribution in [0.15, 0.2) is 73.1 Å². The van der Waals surface area contributed by atoms with Crippen LogP contribution < -0.4 is 5.32 Å². The quantitative estimate of drug-likeness (QED) is 0.752. The minimum atomic E-state index is 0.578. The molecular weight excluding hydrogens is 308 g/mol. The van der Waals surface area contributed by atoms with Gasteiger partial charge in [0.25, 0.3) is 0 Å². The van der Waals surface area contributed by atoms with E-state index in [1.807, 2.05) is 16.9 Å². The van der Waals surface area contributed by atoms with E-state index in [-0.39, 0.29) is 0 Å². The Balaban J connectivity index is 1.26. The summed E-state index contributed by atoms with van der Waals surface area (Å²) in [4.78, 5) is 2.54. The first-order chi connectivity index (χ1) is 12.4. The normalized spacial score (nSPS) is 17.8. The van der Waals surface area contributed by atoms with Crippen LogP contribution in [0.25, 0.3) is 5.69 Å². The first-order valence-corrected chi connectivity index (χ1v) is 8.95. The monoisotopic (exact) mass is 332 g/mol. The van der Waals surface area contributed by atoms with Gasteiger partial charge in [-0.25, -0.2) is 4.68 Å². The molecule has 1 unspecified atom stereocenters. The van der Waals surface area contributed by atoms with Crippen molar-refractivity contribution in [3.8, 4) is 5.69 Å². The summed E-state index contributed by atoms with van der Waals surface area (Å²) in [6.07, 6.45) is 4.99. The SMILES string of the molecule is c1ccc(CN2CCC(NCc3ccc(-n4cccn4)cc3)C2)cc1. The summed E-state index contributed by atoms with van der Waals surface area (Å²) >= 11 is 0. The Morgan fingerprint density at radius 3 is 2.56 bits per heavy atom. The topological polar surface area (TPSA) is 33.1 Å². The average molecular weight is 332 g/mol. The molecule has 1 saturated heterocycles. The predicted octanol–water partition coefficient (Wildman–Crippen LogP) is 3.24. The van der Waals surface area contributed by atoms with Crippen molar-refractivity contribution in [1.29, 1.82) is 0 Å². The first kappa shape index (κ1) is 16.1. The fourth-order valence-corrected chi connectivity index (χ4v) is 3.43. The number of aromatic nitrogens is 2. The van der Waals surface area contributed by atoms with Gasteiger partial charge >= 0.3 is 0 Å². The molecule has 1 N–H and O–H groups in total. The Hall–Kier alpha value is -2.43. The molecular formula is C21H24N4. The standard InChI is InChI=1S/C21H24N4/c1-2-5-19(6-3-1)16-24-14-11-20(17-24)22-15-18-7-9-21(10-8-18)25-13-4-12-23-25/h1-10,12-13,20,22H,11,14-17H2. The molecule has 3 aromatic rings. The smallest absolute Gasteiger partial charge is 0.0645 e. The predicted molar refractivity (Wildman–Crippen MR) is 101 cm³/mol. The number of hydrogen-bond acceptors (Lipinski definition) is 3. The molecule has 1 aliphatic rings. The summed E-state index contributed by atoms with van der Waals surface area (Å²) in [6.45, 7) is 4.27. The van der Waals surface area contributed by atoms with Crippen LogP contribution in [-0.4, -0.2) is 33.8 Å². The van der Waals surface area contributed by atoms with Crippen molar-refractivity contribution in [2.75, 3.05) is 13.1 Å². The van der Waals surface area contributed by atoms with Crippen molar-refractivity contribution in [2.24, 2.45) is 0 Å². The molecule has 2 aromatic carbocycles. The number of benzene rings is 2. The molecule has 4 heteroatoms. The Bertz CT molecular complexity index is 765. The van der Waals surface area contributed by atoms with Gasteiger partial charge in [-0.05, 0) is 35.7 Å². The Kier molecular flexibility index (Phi) is 4.91. The van der Waals surface area contributed by atoms with Crippen molar-refractivity contribution in [1.82, 2.24) is 20.0 Å². The molecule has 4 nitrogen and oxygen atoms in total. The van der Waals surface area contributed by atoms with Crippen molar-refractivity contribution in [3.63, 3.8) is 0 Å². The third-order valence-electron chi connectivity index (χ3n) is 4.82. The number of rotatable bonds is 6. The van der Waals surface area contributed by atoms with E-state index in [9.17, 15) is 0 Å². The zero-order chi connectivity index (χ0) is 16.9. The first-order valence-electron chi connectivity index (χ1n) is 8.95. The molecule has 0 bridgehead atoms. The lowest BCUT2D eigenvalue weighted by Gasteiger charge is -2.17. The lowest BCUT2D eigenvalue weighted by atomic mass is 10.2. The van der Waals surface area contributed by atoms with E-state index in [1.54, 1.807) is 6.20 Å². The second-order valence-electron chi connectivity index (χ2n) is 6.70. The van der Waals surface area contributed by atoms with Gasteiger partial charge in [0.1, 0.15) is 0 Å². The maximum absolute atomic E-state index is 4.26. The largest absolute Gasteiger partial charge is 0.309 e. The highest BCUT2D eigenvalue weighted by molar-refractivity contribution is 5.33. The summed E-state index contributed by atoms with van der Waals surface area (Å²) in [5.41, 5.74) is 3.82. The van der Waals surface area contributed by atoms with Crippen molar-refractivity contribution in [3.05, 3.63) is 84.2 Å². The van der Waals surface area contributed by atoms with Crippen LogP contribution in [-0.2, 0) is 13.1 Å². The second-order valence-corrected chi connectivity index (χ2v) is 6.70. The second kappa shape index (κ2) is 7.64. The molecule has 1 atom stereocenters. The highest BCUT2D eigenvalue weighted by Crippen LogP contribution is 2.14. The maximum Gasteiger partial charge on any atom is 0.0645 e. The zero-order valence-electron chi connectivity index (χ0n) is 14.4. The molecule has 2 heterocycles. The molecule has 0 spiro atoms. The molecule has 0 amide bonds. The van der Waals surface area contributed by atoms with E-state index < -0.39 is 0 Å². The lowest BCUT2D eigenvalue weighted by Crippen LogP contribution is -2.31. The molecule has 1 fully saturated rings. The Morgan fingerprint density at radius 2 is 1.80 bits per heavy atom. The van der Waals surface area contributed by atoms with Crippen LogP contribution in [0.3, 0.4) is 0 Å². The molecule has 0 aliphatic carbocycles. The van der Waals surface area contributed by atoms with E-state index in [4.69, 9.17) is 0 Å². The lowest BCUT2D eigenvalue weighted by molar-refractivity contribution is 0.320. The molecule has 0 radical (unpaired) electrons. The summed E-state index contributed by atoms with van der Waals surface area (Å²) in [7, 11) is 0. The fraction of sp³-hybridized carbons (Fsp3) is 0.286. The van der Waals surface area contributed by atoms with E-state index in [0.29, 0.717) is 6.04 Å². The van der Waals surface area contributed by atoms with Gasteiger partial charge in [0.2, 0.25) is 0 Å². The average Bonchev–Trinajstić information content (AvgIpc) is 3.33. The van der Waals surface area contributed by atoms with Crippen LogP contribution in [0.1, 0.15) is 17.5 Å². The van der Waals surface area contributed by atoms with Crippen molar-refractivity contribution >= 4 is 0 Å². The van der Waals surface area contributed by atoms with Crippen molar-refractivity contribution in [2.45, 2.75) is 25.6 Å². The van der Waals surface area contributed by atoms with Crippen LogP contribution in [0.4, 0.5) is 0 Å². The highest BCUT2D eigenvalue weighted by atomic mass is 15.3. The third kappa shape index (κ3) is 4.16. The number of nitrogens with zero attached hydrogens (tertiary/aromatic N) is 3. The summed E-state index contributed by atoms with van der Waals surface area (Å²) in [6, 6.07) is 21.9. The fourth-order valence-electron chi connectivity index (χ4n) is 3.43. The van der Waals surface area contributed by atoms with Crippen LogP contribution in [0.5, 0.6) is 0 Å². The van der Waals surface area contributed by atoms with E-state index in [0.717, 1.165) is 25.3 Å². The molecule has 25 heavy (non-hydrogen) atoms. The van der Waals surface area contributed by atoms with Gasteiger partial charge in [0.05, 0.1) is 5.69 Å². The van der Waals surface area contributed by atoms with E-state index in [1.165, 1.54) is 24.1 Å². The maximum atomic E-state index is 4.26. The van der Waals surface area contributed by atoms with Gasteiger partial charge in [-0.2, -0.15) is 5.10 Å². The minimum absolute atomic E-state index is 0.578. The molecule has 1 aromatic heterocycles. The molecule has 1 aliphatic heterocycles. The Morgan fingerprint density at radius 1 is 0.960 bits per heavy atom. The number of nitrogens with one attached hydrogen (secondary N) is 1. The highest BCUT2D eigenvalue weighted by Gasteiger charge is 2.21. The Labute approximate surface area is 149 Å². The van der Waals surface area contributed by atoms with E-state index in [2.05, 4.69) is 69.9 Å². The summed E-state index contributed by atoms with van der Waals surface area (Å²) in [5.74, 6) is 0. The van der Waals surface area contributed by atoms with Gasteiger partial charge < -0.3 is 5.32 Å². The van der Waals surface area contributed by atoms with Gasteiger partial charge in [-0.15, -0.1) is 0 Å². The third-order valence-corrected chi connectivity index (χ3v) is 4.82. The molecule has 0 saturated carbocycles. The van der Waals surface area contributed by atoms with Crippen LogP contribution in [0, 0.1) is 0 Å². The van der Waals surface area contributed by atoms with Crippen LogP contribution in [0.2, 0.25) is 0 Å². The van der Waals surface area contributed by atoms with Crippen molar-refractivity contribution < 1.29 is 0 Å². The van der Waals surface area contributed by atoms with Gasteiger partial charge in [0.15, 0.2) is 0 Å². The minimum Gasteiger partial charge on any atom is -0.309 e. The number of likely N-dealkylation sites (tertiary alicyclic amines) is 1. The summed E-state index contributed by atoms with van der Waals surface area (Å²) < 4.78 is 1.88. The molecule has 4 rings (SSSR count). The van der Waals surface area contributed by atoms with Gasteiger partial charge in [-0.3, -0.25) is 4.90 Å². The van der Waals surface area contributed by atoms with E-state index >= 15 is 0 Å². The summed E-state index contributed by atoms with van der Waals surface area (Å²) in [5, 5.41) is 7.97. The van der Waals surface area contributed by atoms with Gasteiger partial charge in [-0.1, -0.05) is 42.5 Å².